The zero-order valence-electron chi connectivity index (χ0n) is 35.3. The first-order valence-electron chi connectivity index (χ1n) is 21.3. The molecule has 2 amide bonds. The van der Waals surface area contributed by atoms with Gasteiger partial charge in [-0.2, -0.15) is 0 Å². The van der Waals surface area contributed by atoms with Crippen molar-refractivity contribution in [2.45, 2.75) is 20.0 Å². The minimum Gasteiger partial charge on any atom is -0.482 e. The number of nitrogens with zero attached hydrogens (tertiary/aromatic N) is 6. The highest BCUT2D eigenvalue weighted by Crippen LogP contribution is 2.33. The summed E-state index contributed by atoms with van der Waals surface area (Å²) in [5, 5.41) is 18.5. The molecule has 0 spiro atoms. The monoisotopic (exact) mass is 852 g/mol. The average molecular weight is 853 g/mol. The summed E-state index contributed by atoms with van der Waals surface area (Å²) >= 11 is 0. The zero-order valence-corrected chi connectivity index (χ0v) is 35.3. The van der Waals surface area contributed by atoms with E-state index in [4.69, 9.17) is 9.47 Å². The molecule has 63 heavy (non-hydrogen) atoms. The molecule has 14 nitrogen and oxygen atoms in total. The van der Waals surface area contributed by atoms with E-state index in [9.17, 15) is 23.9 Å². The number of amides is 2. The summed E-state index contributed by atoms with van der Waals surface area (Å²) in [6.45, 7) is 11.0. The van der Waals surface area contributed by atoms with Crippen LogP contribution in [-0.4, -0.2) is 121 Å². The molecule has 0 saturated carbocycles. The third-order valence-electron chi connectivity index (χ3n) is 11.9. The predicted octanol–water partition coefficient (Wildman–Crippen LogP) is 5.75. The number of carbonyl (C=O) groups is 3. The van der Waals surface area contributed by atoms with Crippen LogP contribution in [0.5, 0.6) is 11.5 Å². The molecule has 0 bridgehead atoms. The van der Waals surface area contributed by atoms with E-state index in [2.05, 4.69) is 77.8 Å². The second kappa shape index (κ2) is 18.0. The predicted molar refractivity (Wildman–Crippen MR) is 241 cm³/mol. The number of aryl methyl sites for hydroxylation is 2. The van der Waals surface area contributed by atoms with Crippen LogP contribution >= 0.6 is 0 Å². The maximum atomic E-state index is 14.5. The Morgan fingerprint density at radius 2 is 1.22 bits per heavy atom. The van der Waals surface area contributed by atoms with Gasteiger partial charge in [-0.3, -0.25) is 34.2 Å². The van der Waals surface area contributed by atoms with Gasteiger partial charge >= 0.3 is 0 Å². The Labute approximate surface area is 364 Å². The molecule has 15 heteroatoms. The molecule has 0 radical (unpaired) electrons. The number of nitrogens with one attached hydrogen (secondary N) is 2. The van der Waals surface area contributed by atoms with Crippen LogP contribution in [0.2, 0.25) is 0 Å². The van der Waals surface area contributed by atoms with Crippen molar-refractivity contribution in [3.05, 3.63) is 119 Å². The second-order valence-corrected chi connectivity index (χ2v) is 16.3. The first kappa shape index (κ1) is 41.7. The van der Waals surface area contributed by atoms with Crippen LogP contribution in [0.15, 0.2) is 91.0 Å². The van der Waals surface area contributed by atoms with E-state index in [1.807, 2.05) is 49.1 Å². The Morgan fingerprint density at radius 1 is 0.683 bits per heavy atom. The number of fused-ring (bicyclic) bond motifs is 4. The fourth-order valence-electron chi connectivity index (χ4n) is 8.61. The normalized spacial score (nSPS) is 17.1. The quantitative estimate of drug-likeness (QED) is 0.160. The lowest BCUT2D eigenvalue weighted by atomic mass is 10.1. The minimum absolute atomic E-state index is 0.0333. The Bertz CT molecular complexity index is 2720. The number of pyridine rings is 2. The highest BCUT2D eigenvalue weighted by atomic mass is 19.1. The number of ketones is 1. The molecule has 10 rings (SSSR count). The van der Waals surface area contributed by atoms with Gasteiger partial charge in [0.1, 0.15) is 17.3 Å². The summed E-state index contributed by atoms with van der Waals surface area (Å²) < 4.78 is 25.1. The van der Waals surface area contributed by atoms with Crippen LogP contribution < -0.4 is 29.9 Å². The van der Waals surface area contributed by atoms with Gasteiger partial charge in [0, 0.05) is 98.5 Å². The van der Waals surface area contributed by atoms with Gasteiger partial charge in [-0.15, -0.1) is 0 Å². The summed E-state index contributed by atoms with van der Waals surface area (Å²) in [6, 6.07) is 28.8. The van der Waals surface area contributed by atoms with Crippen molar-refractivity contribution in [2.24, 2.45) is 0 Å². The maximum Gasteiger partial charge on any atom is 0.262 e. The summed E-state index contributed by atoms with van der Waals surface area (Å²) in [5.74, 6) is -0.562. The van der Waals surface area contributed by atoms with E-state index in [1.54, 1.807) is 6.07 Å². The number of carbonyl (C=O) groups excluding carboxylic acids is 3. The lowest BCUT2D eigenvalue weighted by molar-refractivity contribution is -0.119. The molecule has 0 aliphatic carbocycles. The summed E-state index contributed by atoms with van der Waals surface area (Å²) in [5.41, 5.74) is 8.06. The summed E-state index contributed by atoms with van der Waals surface area (Å²) in [7, 11) is 0. The number of rotatable bonds is 8. The Hall–Kier alpha value is -6.68. The number of hydrogen-bond acceptors (Lipinski definition) is 12. The van der Waals surface area contributed by atoms with Crippen LogP contribution in [0.4, 0.5) is 27.1 Å². The number of anilines is 4. The molecule has 2 saturated heterocycles. The van der Waals surface area contributed by atoms with Gasteiger partial charge in [-0.05, 0) is 86.1 Å². The first-order chi connectivity index (χ1) is 30.5. The van der Waals surface area contributed by atoms with E-state index >= 15 is 0 Å². The highest BCUT2D eigenvalue weighted by Gasteiger charge is 2.26. The van der Waals surface area contributed by atoms with Crippen molar-refractivity contribution in [3.63, 3.8) is 0 Å². The van der Waals surface area contributed by atoms with Crippen molar-refractivity contribution in [2.75, 3.05) is 99.1 Å². The third-order valence-corrected chi connectivity index (χ3v) is 11.9. The molecule has 3 N–H and O–H groups in total. The Balaban J connectivity index is 0.000000160. The molecule has 6 aromatic rings. The van der Waals surface area contributed by atoms with Crippen molar-refractivity contribution in [1.82, 2.24) is 19.8 Å². The molecule has 4 aliphatic rings. The Kier molecular flexibility index (Phi) is 11.9. The topological polar surface area (TPSA) is 153 Å². The van der Waals surface area contributed by atoms with Crippen molar-refractivity contribution < 1.29 is 33.4 Å². The largest absolute Gasteiger partial charge is 0.482 e. The highest BCUT2D eigenvalue weighted by molar-refractivity contribution is 6.02. The number of benzene rings is 4. The molecular formula is C48H49FN8O6. The van der Waals surface area contributed by atoms with Gasteiger partial charge in [0.25, 0.3) is 11.8 Å². The second-order valence-electron chi connectivity index (χ2n) is 16.3. The molecule has 2 aromatic heterocycles. The van der Waals surface area contributed by atoms with Gasteiger partial charge in [0.15, 0.2) is 19.0 Å². The van der Waals surface area contributed by atoms with Gasteiger partial charge in [-0.1, -0.05) is 18.2 Å². The number of hydrogen-bond donors (Lipinski definition) is 3. The molecule has 4 aliphatic heterocycles. The number of aromatic nitrogens is 2. The number of piperazine rings is 2. The number of Topliss-reactive ketones (excluding diaryl/α,β-unsaturated/α-hetero) is 1. The van der Waals surface area contributed by atoms with Crippen molar-refractivity contribution in [1.29, 1.82) is 0 Å². The first-order valence-corrected chi connectivity index (χ1v) is 21.3. The van der Waals surface area contributed by atoms with E-state index in [1.165, 1.54) is 17.1 Å². The van der Waals surface area contributed by atoms with Crippen LogP contribution in [-0.2, 0) is 9.59 Å². The summed E-state index contributed by atoms with van der Waals surface area (Å²) in [4.78, 5) is 54.1. The molecule has 1 atom stereocenters. The molecule has 324 valence electrons. The van der Waals surface area contributed by atoms with Crippen molar-refractivity contribution >= 4 is 62.2 Å². The van der Waals surface area contributed by atoms with E-state index in [0.29, 0.717) is 36.8 Å². The van der Waals surface area contributed by atoms with Crippen LogP contribution in [0.25, 0.3) is 21.8 Å². The number of aliphatic hydroxyl groups excluding tert-OH is 1. The van der Waals surface area contributed by atoms with Gasteiger partial charge in [-0.25, -0.2) is 4.39 Å². The number of ether oxygens (including phenoxy) is 2. The van der Waals surface area contributed by atoms with Gasteiger partial charge < -0.3 is 35.0 Å². The van der Waals surface area contributed by atoms with Gasteiger partial charge in [0.2, 0.25) is 0 Å². The molecular weight excluding hydrogens is 804 g/mol. The smallest absolute Gasteiger partial charge is 0.262 e. The lowest BCUT2D eigenvalue weighted by Gasteiger charge is -2.37. The van der Waals surface area contributed by atoms with Crippen LogP contribution in [0.1, 0.15) is 33.4 Å². The minimum atomic E-state index is -0.637. The molecule has 2 fully saturated rings. The zero-order chi connectivity index (χ0) is 43.6. The lowest BCUT2D eigenvalue weighted by Crippen LogP contribution is -2.48. The molecule has 1 unspecified atom stereocenters. The van der Waals surface area contributed by atoms with Crippen LogP contribution in [0, 0.1) is 19.7 Å². The van der Waals surface area contributed by atoms with E-state index < -0.39 is 11.9 Å². The molecule has 4 aromatic carbocycles. The summed E-state index contributed by atoms with van der Waals surface area (Å²) in [6.07, 6.45) is -0.625. The molecule has 6 heterocycles. The average Bonchev–Trinajstić information content (AvgIpc) is 3.28. The number of aliphatic hydroxyl groups is 1. The Morgan fingerprint density at radius 3 is 1.81 bits per heavy atom. The number of β-amino-alcohol motifs (C(OH)–C–C–N with tert-alkyl or cyclic N) is 1. The van der Waals surface area contributed by atoms with E-state index in [0.717, 1.165) is 84.4 Å². The van der Waals surface area contributed by atoms with Crippen LogP contribution in [0.3, 0.4) is 0 Å². The SMILES string of the molecule is Cc1ccc2c(N3CCN(CC(=O)c4cc5c(cc4F)OCC(=O)N5)CC3)cccc2n1.Cc1ccc2c(N3CCN(CC(O)c4ccc5c(c4)NC(=O)CO5)CC3)cccc2n1. The van der Waals surface area contributed by atoms with Gasteiger partial charge in [0.05, 0.1) is 40.6 Å². The maximum absolute atomic E-state index is 14.5. The van der Waals surface area contributed by atoms with Crippen molar-refractivity contribution in [3.8, 4) is 11.5 Å². The standard InChI is InChI=1S/C24H23FN4O3.C24H26N4O3/c1-15-5-6-16-19(26-15)3-2-4-21(16)29-9-7-28(8-10-29)13-22(30)17-11-20-23(12-18(17)25)32-14-24(31)27-20;1-16-5-7-18-19(25-16)3-2-4-21(18)28-11-9-27(10-12-28)14-22(29)17-6-8-23-20(13-17)26-24(30)15-31-23/h2-6,11-12H,7-10,13-14H2,1H3,(H,27,31);2-8,13,22,29H,9-12,14-15H2,1H3,(H,26,30). The number of halogens is 1. The van der Waals surface area contributed by atoms with E-state index in [-0.39, 0.29) is 48.7 Å². The fourth-order valence-corrected chi connectivity index (χ4v) is 8.61. The third kappa shape index (κ3) is 9.26. The fraction of sp³-hybridized carbons (Fsp3) is 0.312.